The molecule has 7 nitrogen and oxygen atoms in total. The van der Waals surface area contributed by atoms with Crippen LogP contribution in [0, 0.1) is 0 Å². The van der Waals surface area contributed by atoms with E-state index in [9.17, 15) is 18.0 Å². The minimum atomic E-state index is -3.78. The molecule has 0 saturated carbocycles. The van der Waals surface area contributed by atoms with E-state index < -0.39 is 28.5 Å². The van der Waals surface area contributed by atoms with Gasteiger partial charge in [0.05, 0.1) is 11.9 Å². The zero-order chi connectivity index (χ0) is 22.5. The Balaban J connectivity index is 2.38. The summed E-state index contributed by atoms with van der Waals surface area (Å²) in [6.07, 6.45) is 1.02. The second kappa shape index (κ2) is 10.3. The summed E-state index contributed by atoms with van der Waals surface area (Å²) in [5, 5.41) is 2.87. The van der Waals surface area contributed by atoms with Gasteiger partial charge in [0.2, 0.25) is 21.8 Å². The minimum Gasteiger partial charge on any atom is -0.357 e. The topological polar surface area (TPSA) is 86.8 Å². The molecule has 1 atom stereocenters. The third kappa shape index (κ3) is 6.45. The Kier molecular flexibility index (Phi) is 8.28. The monoisotopic (exact) mass is 515 g/mol. The maximum absolute atomic E-state index is 13.2. The van der Waals surface area contributed by atoms with E-state index in [0.717, 1.165) is 20.6 Å². The molecule has 0 aliphatic carbocycles. The number of rotatable bonds is 8. The van der Waals surface area contributed by atoms with Crippen LogP contribution in [0.3, 0.4) is 0 Å². The first kappa shape index (κ1) is 24.2. The van der Waals surface area contributed by atoms with Crippen LogP contribution in [-0.4, -0.2) is 51.0 Å². The van der Waals surface area contributed by atoms with Gasteiger partial charge in [0.1, 0.15) is 12.6 Å². The Morgan fingerprint density at radius 1 is 1.17 bits per heavy atom. The number of sulfonamides is 1. The lowest BCUT2D eigenvalue weighted by Crippen LogP contribution is -2.50. The van der Waals surface area contributed by atoms with E-state index in [-0.39, 0.29) is 18.1 Å². The van der Waals surface area contributed by atoms with Gasteiger partial charge < -0.3 is 10.2 Å². The summed E-state index contributed by atoms with van der Waals surface area (Å²) in [4.78, 5) is 26.8. The fraction of sp³-hybridized carbons (Fsp3) is 0.300. The van der Waals surface area contributed by atoms with Gasteiger partial charge in [-0.15, -0.1) is 0 Å². The Bertz CT molecular complexity index is 1030. The maximum Gasteiger partial charge on any atom is 0.244 e. The molecule has 2 amide bonds. The van der Waals surface area contributed by atoms with Gasteiger partial charge in [0.15, 0.2) is 0 Å². The van der Waals surface area contributed by atoms with Gasteiger partial charge in [-0.2, -0.15) is 0 Å². The van der Waals surface area contributed by atoms with Crippen molar-refractivity contribution in [3.63, 3.8) is 0 Å². The number of benzene rings is 2. The quantitative estimate of drug-likeness (QED) is 0.584. The molecule has 2 aromatic carbocycles. The lowest BCUT2D eigenvalue weighted by Gasteiger charge is -2.31. The van der Waals surface area contributed by atoms with E-state index in [1.54, 1.807) is 25.1 Å². The number of halogens is 2. The highest BCUT2D eigenvalue weighted by Crippen LogP contribution is 2.23. The van der Waals surface area contributed by atoms with Gasteiger partial charge in [-0.25, -0.2) is 8.42 Å². The van der Waals surface area contributed by atoms with Gasteiger partial charge in [-0.05, 0) is 42.8 Å². The summed E-state index contributed by atoms with van der Waals surface area (Å²) in [7, 11) is -2.29. The minimum absolute atomic E-state index is 0.139. The van der Waals surface area contributed by atoms with E-state index in [1.165, 1.54) is 18.0 Å². The lowest BCUT2D eigenvalue weighted by molar-refractivity contribution is -0.139. The normalized spacial score (nSPS) is 12.2. The van der Waals surface area contributed by atoms with Crippen molar-refractivity contribution in [2.24, 2.45) is 0 Å². The second-order valence-electron chi connectivity index (χ2n) is 6.69. The molecular formula is C20H23BrClN3O4S. The third-order valence-electron chi connectivity index (χ3n) is 4.43. The highest BCUT2D eigenvalue weighted by atomic mass is 79.9. The average Bonchev–Trinajstić information content (AvgIpc) is 2.68. The largest absolute Gasteiger partial charge is 0.357 e. The molecule has 2 aromatic rings. The lowest BCUT2D eigenvalue weighted by atomic mass is 10.1. The van der Waals surface area contributed by atoms with Crippen LogP contribution in [0.5, 0.6) is 0 Å². The van der Waals surface area contributed by atoms with Crippen LogP contribution in [0.2, 0.25) is 5.02 Å². The van der Waals surface area contributed by atoms with Crippen LogP contribution in [0.1, 0.15) is 12.5 Å². The van der Waals surface area contributed by atoms with Crippen LogP contribution >= 0.6 is 27.5 Å². The number of likely N-dealkylation sites (N-methyl/N-ethyl adjacent to an activating group) is 1. The summed E-state index contributed by atoms with van der Waals surface area (Å²) >= 11 is 9.39. The maximum atomic E-state index is 13.2. The second-order valence-corrected chi connectivity index (χ2v) is 9.95. The number of carbonyl (C=O) groups excluding carboxylic acids is 2. The highest BCUT2D eigenvalue weighted by Gasteiger charge is 2.29. The molecule has 0 spiro atoms. The third-order valence-corrected chi connectivity index (χ3v) is 6.30. The first-order valence-electron chi connectivity index (χ1n) is 9.01. The summed E-state index contributed by atoms with van der Waals surface area (Å²) in [6.45, 7) is 1.27. The number of hydrogen-bond acceptors (Lipinski definition) is 4. The molecule has 1 unspecified atom stereocenters. The van der Waals surface area contributed by atoms with Crippen molar-refractivity contribution in [3.8, 4) is 0 Å². The zero-order valence-electron chi connectivity index (χ0n) is 16.8. The van der Waals surface area contributed by atoms with Gasteiger partial charge >= 0.3 is 0 Å². The number of hydrogen-bond donors (Lipinski definition) is 1. The molecule has 0 fully saturated rings. The highest BCUT2D eigenvalue weighted by molar-refractivity contribution is 9.10. The van der Waals surface area contributed by atoms with Crippen molar-refractivity contribution >= 4 is 55.1 Å². The molecule has 0 radical (unpaired) electrons. The molecule has 0 heterocycles. The fourth-order valence-electron chi connectivity index (χ4n) is 2.87. The SMILES string of the molecule is CNC(=O)C(C)N(Cc1cccc(Br)c1)C(=O)CN(c1cccc(Cl)c1)S(C)(=O)=O. The van der Waals surface area contributed by atoms with Crippen molar-refractivity contribution < 1.29 is 18.0 Å². The Labute approximate surface area is 190 Å². The van der Waals surface area contributed by atoms with Crippen LogP contribution in [0.15, 0.2) is 53.0 Å². The first-order chi connectivity index (χ1) is 14.0. The van der Waals surface area contributed by atoms with Crippen molar-refractivity contribution in [1.29, 1.82) is 0 Å². The fourth-order valence-corrected chi connectivity index (χ4v) is 4.34. The number of carbonyl (C=O) groups is 2. The van der Waals surface area contributed by atoms with Crippen LogP contribution < -0.4 is 9.62 Å². The van der Waals surface area contributed by atoms with E-state index in [4.69, 9.17) is 11.6 Å². The molecule has 30 heavy (non-hydrogen) atoms. The van der Waals surface area contributed by atoms with Crippen molar-refractivity contribution in [1.82, 2.24) is 10.2 Å². The zero-order valence-corrected chi connectivity index (χ0v) is 20.0. The first-order valence-corrected chi connectivity index (χ1v) is 12.0. The van der Waals surface area contributed by atoms with E-state index in [2.05, 4.69) is 21.2 Å². The van der Waals surface area contributed by atoms with Gasteiger partial charge in [0, 0.05) is 23.1 Å². The molecule has 2 rings (SSSR count). The van der Waals surface area contributed by atoms with Gasteiger partial charge in [-0.3, -0.25) is 13.9 Å². The molecule has 0 saturated heterocycles. The van der Waals surface area contributed by atoms with E-state index >= 15 is 0 Å². The number of amides is 2. The predicted molar refractivity (Wildman–Crippen MR) is 122 cm³/mol. The molecule has 10 heteroatoms. The molecular weight excluding hydrogens is 494 g/mol. The van der Waals surface area contributed by atoms with Crippen LogP contribution in [0.25, 0.3) is 0 Å². The molecule has 0 aliphatic rings. The molecule has 1 N–H and O–H groups in total. The summed E-state index contributed by atoms with van der Waals surface area (Å²) in [5.74, 6) is -0.872. The van der Waals surface area contributed by atoms with Crippen molar-refractivity contribution in [2.75, 3.05) is 24.2 Å². The number of nitrogens with one attached hydrogen (secondary N) is 1. The van der Waals surface area contributed by atoms with Crippen LogP contribution in [-0.2, 0) is 26.2 Å². The molecule has 162 valence electrons. The van der Waals surface area contributed by atoms with Gasteiger partial charge in [-0.1, -0.05) is 45.7 Å². The van der Waals surface area contributed by atoms with Gasteiger partial charge in [0.25, 0.3) is 0 Å². The summed E-state index contributed by atoms with van der Waals surface area (Å²) in [6, 6.07) is 12.8. The Morgan fingerprint density at radius 3 is 2.40 bits per heavy atom. The molecule has 0 aliphatic heterocycles. The summed E-state index contributed by atoms with van der Waals surface area (Å²) in [5.41, 5.74) is 1.07. The standard InChI is InChI=1S/C20H23BrClN3O4S/c1-14(20(27)23-2)24(12-15-6-4-7-16(21)10-15)19(26)13-25(30(3,28)29)18-9-5-8-17(22)11-18/h4-11,14H,12-13H2,1-3H3,(H,23,27). The smallest absolute Gasteiger partial charge is 0.244 e. The van der Waals surface area contributed by atoms with Crippen molar-refractivity contribution in [3.05, 3.63) is 63.6 Å². The Morgan fingerprint density at radius 2 is 1.83 bits per heavy atom. The number of nitrogens with zero attached hydrogens (tertiary/aromatic N) is 2. The number of anilines is 1. The summed E-state index contributed by atoms with van der Waals surface area (Å²) < 4.78 is 26.6. The molecule has 0 bridgehead atoms. The van der Waals surface area contributed by atoms with E-state index in [1.807, 2.05) is 24.3 Å². The average molecular weight is 517 g/mol. The Hall–Kier alpha value is -2.10. The molecule has 0 aromatic heterocycles. The van der Waals surface area contributed by atoms with Crippen LogP contribution in [0.4, 0.5) is 5.69 Å². The van der Waals surface area contributed by atoms with E-state index in [0.29, 0.717) is 5.02 Å². The van der Waals surface area contributed by atoms with Crippen molar-refractivity contribution in [2.45, 2.75) is 19.5 Å². The predicted octanol–water partition coefficient (Wildman–Crippen LogP) is 3.03.